The van der Waals surface area contributed by atoms with Gasteiger partial charge >= 0.3 is 0 Å². The van der Waals surface area contributed by atoms with Gasteiger partial charge in [0, 0.05) is 19.2 Å². The fourth-order valence-electron chi connectivity index (χ4n) is 1.53. The Morgan fingerprint density at radius 3 is 2.56 bits per heavy atom. The van der Waals surface area contributed by atoms with Gasteiger partial charge < -0.3 is 15.4 Å². The molecule has 0 spiro atoms. The van der Waals surface area contributed by atoms with Crippen molar-refractivity contribution in [3.63, 3.8) is 0 Å². The lowest BCUT2D eigenvalue weighted by molar-refractivity contribution is -0.00578. The molecule has 0 radical (unpaired) electrons. The molecule has 86 valence electrons. The monoisotopic (exact) mass is 220 g/mol. The van der Waals surface area contributed by atoms with E-state index in [0.717, 1.165) is 19.8 Å². The van der Waals surface area contributed by atoms with E-state index in [1.807, 2.05) is 24.3 Å². The summed E-state index contributed by atoms with van der Waals surface area (Å²) in [6.07, 6.45) is 0. The second-order valence-corrected chi connectivity index (χ2v) is 3.89. The molecule has 4 heteroatoms. The van der Waals surface area contributed by atoms with Crippen LogP contribution in [-0.2, 0) is 11.3 Å². The Labute approximate surface area is 95.0 Å². The lowest BCUT2D eigenvalue weighted by Crippen LogP contribution is -2.45. The predicted molar refractivity (Wildman–Crippen MR) is 61.3 cm³/mol. The highest BCUT2D eigenvalue weighted by Crippen LogP contribution is 2.06. The predicted octanol–water partition coefficient (Wildman–Crippen LogP) is 0.535. The maximum atomic E-state index is 11.3. The number of amides is 1. The van der Waals surface area contributed by atoms with E-state index in [1.54, 1.807) is 7.05 Å². The Morgan fingerprint density at radius 2 is 2.06 bits per heavy atom. The van der Waals surface area contributed by atoms with Crippen LogP contribution in [0.3, 0.4) is 0 Å². The highest BCUT2D eigenvalue weighted by atomic mass is 16.5. The van der Waals surface area contributed by atoms with E-state index in [9.17, 15) is 4.79 Å². The van der Waals surface area contributed by atoms with Gasteiger partial charge in [-0.05, 0) is 17.7 Å². The molecule has 1 fully saturated rings. The number of carbonyl (C=O) groups excluding carboxylic acids is 1. The lowest BCUT2D eigenvalue weighted by atomic mass is 10.1. The lowest BCUT2D eigenvalue weighted by Gasteiger charge is -2.27. The van der Waals surface area contributed by atoms with Gasteiger partial charge in [0.1, 0.15) is 0 Å². The molecule has 0 saturated carbocycles. The summed E-state index contributed by atoms with van der Waals surface area (Å²) in [6.45, 7) is 2.43. The molecule has 1 aliphatic heterocycles. The summed E-state index contributed by atoms with van der Waals surface area (Å²) in [6, 6.07) is 8.10. The number of rotatable bonds is 4. The van der Waals surface area contributed by atoms with Crippen molar-refractivity contribution < 1.29 is 9.53 Å². The largest absolute Gasteiger partial charge is 0.378 e. The van der Waals surface area contributed by atoms with Gasteiger partial charge in [0.2, 0.25) is 0 Å². The number of ether oxygens (including phenoxy) is 1. The first-order chi connectivity index (χ1) is 7.79. The second-order valence-electron chi connectivity index (χ2n) is 3.89. The zero-order chi connectivity index (χ0) is 11.4. The van der Waals surface area contributed by atoms with Crippen LogP contribution in [0, 0.1) is 0 Å². The van der Waals surface area contributed by atoms with E-state index in [4.69, 9.17) is 4.74 Å². The third-order valence-electron chi connectivity index (χ3n) is 2.68. The van der Waals surface area contributed by atoms with Crippen molar-refractivity contribution in [1.82, 2.24) is 10.6 Å². The normalized spacial score (nSPS) is 15.6. The van der Waals surface area contributed by atoms with Crippen molar-refractivity contribution in [1.29, 1.82) is 0 Å². The highest BCUT2D eigenvalue weighted by molar-refractivity contribution is 5.93. The van der Waals surface area contributed by atoms with Crippen molar-refractivity contribution in [2.45, 2.75) is 12.6 Å². The SMILES string of the molecule is CNC(=O)c1ccc(CNC2COC2)cc1. The molecule has 0 atom stereocenters. The molecule has 2 N–H and O–H groups in total. The zero-order valence-electron chi connectivity index (χ0n) is 9.32. The van der Waals surface area contributed by atoms with Gasteiger partial charge in [0.25, 0.3) is 5.91 Å². The third kappa shape index (κ3) is 2.59. The maximum absolute atomic E-state index is 11.3. The molecule has 4 nitrogen and oxygen atoms in total. The molecule has 16 heavy (non-hydrogen) atoms. The number of hydrogen-bond donors (Lipinski definition) is 2. The summed E-state index contributed by atoms with van der Waals surface area (Å²) < 4.78 is 5.07. The van der Waals surface area contributed by atoms with Crippen LogP contribution >= 0.6 is 0 Å². The fourth-order valence-corrected chi connectivity index (χ4v) is 1.53. The Morgan fingerprint density at radius 1 is 1.38 bits per heavy atom. The van der Waals surface area contributed by atoms with Gasteiger partial charge in [-0.25, -0.2) is 0 Å². The summed E-state index contributed by atoms with van der Waals surface area (Å²) in [5.74, 6) is -0.0492. The van der Waals surface area contributed by atoms with Crippen LogP contribution in [0.1, 0.15) is 15.9 Å². The number of hydrogen-bond acceptors (Lipinski definition) is 3. The summed E-state index contributed by atoms with van der Waals surface area (Å²) in [5.41, 5.74) is 1.87. The maximum Gasteiger partial charge on any atom is 0.251 e. The first kappa shape index (κ1) is 11.1. The molecule has 1 aromatic rings. The third-order valence-corrected chi connectivity index (χ3v) is 2.68. The van der Waals surface area contributed by atoms with E-state index in [2.05, 4.69) is 10.6 Å². The Balaban J connectivity index is 1.88. The smallest absolute Gasteiger partial charge is 0.251 e. The minimum absolute atomic E-state index is 0.0492. The van der Waals surface area contributed by atoms with E-state index in [1.165, 1.54) is 5.56 Å². The van der Waals surface area contributed by atoms with E-state index in [-0.39, 0.29) is 5.91 Å². The quantitative estimate of drug-likeness (QED) is 0.778. The minimum atomic E-state index is -0.0492. The molecule has 1 amide bonds. The van der Waals surface area contributed by atoms with Gasteiger partial charge in [-0.2, -0.15) is 0 Å². The highest BCUT2D eigenvalue weighted by Gasteiger charge is 2.16. The van der Waals surface area contributed by atoms with Gasteiger partial charge in [0.05, 0.1) is 19.3 Å². The van der Waals surface area contributed by atoms with Crippen molar-refractivity contribution in [3.8, 4) is 0 Å². The first-order valence-electron chi connectivity index (χ1n) is 5.42. The van der Waals surface area contributed by atoms with Crippen molar-refractivity contribution in [3.05, 3.63) is 35.4 Å². The van der Waals surface area contributed by atoms with Crippen LogP contribution in [0.4, 0.5) is 0 Å². The Hall–Kier alpha value is -1.39. The van der Waals surface area contributed by atoms with Gasteiger partial charge in [-0.15, -0.1) is 0 Å². The molecular weight excluding hydrogens is 204 g/mol. The van der Waals surface area contributed by atoms with Gasteiger partial charge in [0.15, 0.2) is 0 Å². The van der Waals surface area contributed by atoms with Crippen LogP contribution in [-0.4, -0.2) is 32.2 Å². The van der Waals surface area contributed by atoms with E-state index < -0.39 is 0 Å². The number of carbonyl (C=O) groups is 1. The summed E-state index contributed by atoms with van der Waals surface area (Å²) in [7, 11) is 1.63. The van der Waals surface area contributed by atoms with Crippen molar-refractivity contribution in [2.24, 2.45) is 0 Å². The summed E-state index contributed by atoms with van der Waals surface area (Å²) in [4.78, 5) is 11.3. The Kier molecular flexibility index (Phi) is 3.54. The molecule has 0 unspecified atom stereocenters. The minimum Gasteiger partial charge on any atom is -0.378 e. The van der Waals surface area contributed by atoms with Crippen molar-refractivity contribution in [2.75, 3.05) is 20.3 Å². The standard InChI is InChI=1S/C12H16N2O2/c1-13-12(15)10-4-2-9(3-5-10)6-14-11-7-16-8-11/h2-5,11,14H,6-8H2,1H3,(H,13,15). The molecule has 0 bridgehead atoms. The molecule has 0 aromatic heterocycles. The van der Waals surface area contributed by atoms with Crippen LogP contribution in [0.5, 0.6) is 0 Å². The van der Waals surface area contributed by atoms with Crippen LogP contribution < -0.4 is 10.6 Å². The van der Waals surface area contributed by atoms with Crippen molar-refractivity contribution >= 4 is 5.91 Å². The van der Waals surface area contributed by atoms with Gasteiger partial charge in [-0.1, -0.05) is 12.1 Å². The average molecular weight is 220 g/mol. The molecule has 1 aromatic carbocycles. The molecule has 1 saturated heterocycles. The molecule has 2 rings (SSSR count). The average Bonchev–Trinajstić information content (AvgIpc) is 2.27. The molecule has 1 aliphatic rings. The van der Waals surface area contributed by atoms with E-state index >= 15 is 0 Å². The van der Waals surface area contributed by atoms with Crippen LogP contribution in [0.15, 0.2) is 24.3 Å². The summed E-state index contributed by atoms with van der Waals surface area (Å²) >= 11 is 0. The number of benzene rings is 1. The summed E-state index contributed by atoms with van der Waals surface area (Å²) in [5, 5.41) is 5.97. The topological polar surface area (TPSA) is 50.4 Å². The first-order valence-corrected chi connectivity index (χ1v) is 5.42. The molecule has 0 aliphatic carbocycles. The second kappa shape index (κ2) is 5.09. The number of nitrogens with one attached hydrogen (secondary N) is 2. The fraction of sp³-hybridized carbons (Fsp3) is 0.417. The van der Waals surface area contributed by atoms with Crippen LogP contribution in [0.25, 0.3) is 0 Å². The Bertz CT molecular complexity index is 358. The van der Waals surface area contributed by atoms with Gasteiger partial charge in [-0.3, -0.25) is 4.79 Å². The zero-order valence-corrected chi connectivity index (χ0v) is 9.32. The molecule has 1 heterocycles. The molecular formula is C12H16N2O2. The van der Waals surface area contributed by atoms with Crippen LogP contribution in [0.2, 0.25) is 0 Å². The van der Waals surface area contributed by atoms with E-state index in [0.29, 0.717) is 11.6 Å².